The van der Waals surface area contributed by atoms with Crippen molar-refractivity contribution in [2.45, 2.75) is 19.4 Å². The monoisotopic (exact) mass is 351 g/mol. The highest BCUT2D eigenvalue weighted by atomic mass is 19.1. The topological polar surface area (TPSA) is 69.2 Å². The standard InChI is InChI=1S/C20H18FN3O2/c1-2-11-24-19(13-5-9-15(25)10-6-13)16-17(22-23-18(16)20(24)26)12-3-7-14(21)8-4-12/h3-10,19,25H,2,11H2,1H3,(H,22,23). The Bertz CT molecular complexity index is 948. The molecule has 2 N–H and O–H groups in total. The molecule has 1 atom stereocenters. The largest absolute Gasteiger partial charge is 0.508 e. The highest BCUT2D eigenvalue weighted by molar-refractivity contribution is 6.00. The first-order valence-electron chi connectivity index (χ1n) is 8.54. The number of halogens is 1. The average molecular weight is 351 g/mol. The molecule has 1 amide bonds. The summed E-state index contributed by atoms with van der Waals surface area (Å²) in [4.78, 5) is 14.7. The summed E-state index contributed by atoms with van der Waals surface area (Å²) in [6.07, 6.45) is 0.823. The summed E-state index contributed by atoms with van der Waals surface area (Å²) in [5.41, 5.74) is 3.55. The number of hydrogen-bond acceptors (Lipinski definition) is 3. The number of benzene rings is 2. The van der Waals surface area contributed by atoms with E-state index in [4.69, 9.17) is 0 Å². The lowest BCUT2D eigenvalue weighted by Crippen LogP contribution is -2.30. The number of phenolic OH excluding ortho intramolecular Hbond substituents is 1. The molecule has 2 aromatic carbocycles. The van der Waals surface area contributed by atoms with Crippen molar-refractivity contribution in [1.82, 2.24) is 15.1 Å². The van der Waals surface area contributed by atoms with Crippen molar-refractivity contribution in [3.05, 3.63) is 71.2 Å². The maximum absolute atomic E-state index is 13.3. The van der Waals surface area contributed by atoms with Gasteiger partial charge >= 0.3 is 0 Å². The molecule has 6 heteroatoms. The number of carbonyl (C=O) groups excluding carboxylic acids is 1. The van der Waals surface area contributed by atoms with Crippen LogP contribution in [-0.2, 0) is 0 Å². The van der Waals surface area contributed by atoms with Crippen LogP contribution in [-0.4, -0.2) is 32.7 Å². The van der Waals surface area contributed by atoms with Crippen LogP contribution in [0.1, 0.15) is 41.0 Å². The molecule has 0 aliphatic carbocycles. The first kappa shape index (κ1) is 16.3. The molecule has 1 aromatic heterocycles. The van der Waals surface area contributed by atoms with E-state index in [0.717, 1.165) is 23.1 Å². The number of nitrogens with one attached hydrogen (secondary N) is 1. The molecule has 1 unspecified atom stereocenters. The van der Waals surface area contributed by atoms with Gasteiger partial charge in [-0.15, -0.1) is 0 Å². The lowest BCUT2D eigenvalue weighted by atomic mass is 9.96. The average Bonchev–Trinajstić information content (AvgIpc) is 3.17. The number of phenols is 1. The summed E-state index contributed by atoms with van der Waals surface area (Å²) in [5.74, 6) is -0.244. The molecule has 0 saturated carbocycles. The Labute approximate surface area is 150 Å². The van der Waals surface area contributed by atoms with Crippen molar-refractivity contribution < 1.29 is 14.3 Å². The van der Waals surface area contributed by atoms with Crippen LogP contribution in [0, 0.1) is 5.82 Å². The third-order valence-corrected chi connectivity index (χ3v) is 4.65. The summed E-state index contributed by atoms with van der Waals surface area (Å²) < 4.78 is 13.3. The van der Waals surface area contributed by atoms with Crippen molar-refractivity contribution in [2.24, 2.45) is 0 Å². The minimum atomic E-state index is -0.320. The Balaban J connectivity index is 1.87. The van der Waals surface area contributed by atoms with Gasteiger partial charge < -0.3 is 10.0 Å². The van der Waals surface area contributed by atoms with Gasteiger partial charge in [0.25, 0.3) is 5.91 Å². The molecule has 0 radical (unpaired) electrons. The molecule has 132 valence electrons. The second-order valence-corrected chi connectivity index (χ2v) is 6.36. The molecule has 0 fully saturated rings. The number of aromatic hydroxyl groups is 1. The zero-order valence-electron chi connectivity index (χ0n) is 14.2. The van der Waals surface area contributed by atoms with Crippen molar-refractivity contribution >= 4 is 5.91 Å². The van der Waals surface area contributed by atoms with Crippen LogP contribution >= 0.6 is 0 Å². The lowest BCUT2D eigenvalue weighted by Gasteiger charge is -2.26. The van der Waals surface area contributed by atoms with E-state index in [1.54, 1.807) is 24.3 Å². The number of carbonyl (C=O) groups is 1. The van der Waals surface area contributed by atoms with Gasteiger partial charge in [0.2, 0.25) is 0 Å². The number of H-pyrrole nitrogens is 1. The van der Waals surface area contributed by atoms with Crippen LogP contribution in [0.25, 0.3) is 11.3 Å². The number of aromatic nitrogens is 2. The van der Waals surface area contributed by atoms with Gasteiger partial charge in [-0.2, -0.15) is 5.10 Å². The predicted molar refractivity (Wildman–Crippen MR) is 95.3 cm³/mol. The predicted octanol–water partition coefficient (Wildman–Crippen LogP) is 3.88. The first-order chi connectivity index (χ1) is 12.6. The molecule has 2 heterocycles. The Morgan fingerprint density at radius 2 is 1.85 bits per heavy atom. The Hall–Kier alpha value is -3.15. The van der Waals surface area contributed by atoms with Gasteiger partial charge in [0.1, 0.15) is 17.3 Å². The Morgan fingerprint density at radius 1 is 1.15 bits per heavy atom. The quantitative estimate of drug-likeness (QED) is 0.749. The molecular weight excluding hydrogens is 333 g/mol. The van der Waals surface area contributed by atoms with E-state index >= 15 is 0 Å². The number of nitrogens with zero attached hydrogens (tertiary/aromatic N) is 2. The van der Waals surface area contributed by atoms with E-state index in [0.29, 0.717) is 17.9 Å². The Kier molecular flexibility index (Phi) is 3.95. The van der Waals surface area contributed by atoms with Crippen LogP contribution in [0.4, 0.5) is 4.39 Å². The van der Waals surface area contributed by atoms with Gasteiger partial charge in [-0.3, -0.25) is 9.89 Å². The second-order valence-electron chi connectivity index (χ2n) is 6.36. The summed E-state index contributed by atoms with van der Waals surface area (Å²) in [6.45, 7) is 2.63. The van der Waals surface area contributed by atoms with Gasteiger partial charge in [0.05, 0.1) is 11.7 Å². The molecule has 5 nitrogen and oxygen atoms in total. The summed E-state index contributed by atoms with van der Waals surface area (Å²) in [6, 6.07) is 12.6. The zero-order chi connectivity index (χ0) is 18.3. The fraction of sp³-hybridized carbons (Fsp3) is 0.200. The molecule has 3 aromatic rings. The van der Waals surface area contributed by atoms with E-state index in [1.165, 1.54) is 12.1 Å². The summed E-state index contributed by atoms with van der Waals surface area (Å²) >= 11 is 0. The van der Waals surface area contributed by atoms with Gasteiger partial charge in [0.15, 0.2) is 0 Å². The Morgan fingerprint density at radius 3 is 2.50 bits per heavy atom. The van der Waals surface area contributed by atoms with E-state index in [1.807, 2.05) is 24.0 Å². The fourth-order valence-corrected chi connectivity index (χ4v) is 3.50. The van der Waals surface area contributed by atoms with Crippen molar-refractivity contribution in [2.75, 3.05) is 6.54 Å². The van der Waals surface area contributed by atoms with Crippen LogP contribution in [0.15, 0.2) is 48.5 Å². The van der Waals surface area contributed by atoms with Crippen LogP contribution in [0.2, 0.25) is 0 Å². The highest BCUT2D eigenvalue weighted by Gasteiger charge is 2.41. The summed E-state index contributed by atoms with van der Waals surface area (Å²) in [7, 11) is 0. The van der Waals surface area contributed by atoms with Crippen LogP contribution in [0.5, 0.6) is 5.75 Å². The van der Waals surface area contributed by atoms with E-state index in [2.05, 4.69) is 10.2 Å². The van der Waals surface area contributed by atoms with E-state index < -0.39 is 0 Å². The normalized spacial score (nSPS) is 16.2. The maximum atomic E-state index is 13.3. The maximum Gasteiger partial charge on any atom is 0.273 e. The zero-order valence-corrected chi connectivity index (χ0v) is 14.2. The third-order valence-electron chi connectivity index (χ3n) is 4.65. The molecular formula is C20H18FN3O2. The highest BCUT2D eigenvalue weighted by Crippen LogP contribution is 2.42. The van der Waals surface area contributed by atoms with Gasteiger partial charge in [0, 0.05) is 17.7 Å². The third kappa shape index (κ3) is 2.54. The molecule has 1 aliphatic rings. The van der Waals surface area contributed by atoms with Crippen molar-refractivity contribution in [3.63, 3.8) is 0 Å². The van der Waals surface area contributed by atoms with Crippen LogP contribution in [0.3, 0.4) is 0 Å². The van der Waals surface area contributed by atoms with Crippen molar-refractivity contribution in [3.8, 4) is 17.0 Å². The number of aromatic amines is 1. The fourth-order valence-electron chi connectivity index (χ4n) is 3.50. The summed E-state index contributed by atoms with van der Waals surface area (Å²) in [5, 5.41) is 16.8. The van der Waals surface area contributed by atoms with Gasteiger partial charge in [-0.1, -0.05) is 19.1 Å². The van der Waals surface area contributed by atoms with Crippen LogP contribution < -0.4 is 0 Å². The van der Waals surface area contributed by atoms with Gasteiger partial charge in [-0.25, -0.2) is 4.39 Å². The molecule has 1 aliphatic heterocycles. The van der Waals surface area contributed by atoms with E-state index in [-0.39, 0.29) is 23.5 Å². The number of amides is 1. The van der Waals surface area contributed by atoms with Gasteiger partial charge in [-0.05, 0) is 48.4 Å². The van der Waals surface area contributed by atoms with Crippen molar-refractivity contribution in [1.29, 1.82) is 0 Å². The molecule has 26 heavy (non-hydrogen) atoms. The van der Waals surface area contributed by atoms with E-state index in [9.17, 15) is 14.3 Å². The number of fused-ring (bicyclic) bond motifs is 1. The molecule has 0 saturated heterocycles. The minimum absolute atomic E-state index is 0.0965. The second kappa shape index (κ2) is 6.29. The smallest absolute Gasteiger partial charge is 0.273 e. The molecule has 0 spiro atoms. The molecule has 4 rings (SSSR count). The molecule has 0 bridgehead atoms. The minimum Gasteiger partial charge on any atom is -0.508 e. The first-order valence-corrected chi connectivity index (χ1v) is 8.54. The number of rotatable bonds is 4. The SMILES string of the molecule is CCCN1C(=O)c2[nH]nc(-c3ccc(F)cc3)c2C1c1ccc(O)cc1. The number of hydrogen-bond donors (Lipinski definition) is 2. The lowest BCUT2D eigenvalue weighted by molar-refractivity contribution is 0.0744.